The van der Waals surface area contributed by atoms with Crippen molar-refractivity contribution in [2.45, 2.75) is 137 Å². The van der Waals surface area contributed by atoms with Crippen LogP contribution in [0.5, 0.6) is 11.5 Å². The Balaban J connectivity index is 2.40. The lowest BCUT2D eigenvalue weighted by Crippen LogP contribution is -2.64. The summed E-state index contributed by atoms with van der Waals surface area (Å²) in [6.45, 7) is 22.5. The van der Waals surface area contributed by atoms with Gasteiger partial charge in [0.15, 0.2) is 0 Å². The Kier molecular flexibility index (Phi) is 11.3. The highest BCUT2D eigenvalue weighted by molar-refractivity contribution is 5.31. The van der Waals surface area contributed by atoms with Gasteiger partial charge in [0.1, 0.15) is 35.9 Å². The van der Waals surface area contributed by atoms with E-state index in [1.807, 2.05) is 100 Å². The minimum Gasteiger partial charge on any atom is -0.491 e. The molecule has 7 nitrogen and oxygen atoms in total. The van der Waals surface area contributed by atoms with Crippen molar-refractivity contribution in [2.24, 2.45) is 0 Å². The molecule has 1 fully saturated rings. The first kappa shape index (κ1) is 29.8. The third-order valence-corrected chi connectivity index (χ3v) is 4.98. The molecule has 202 valence electrons. The fourth-order valence-corrected chi connectivity index (χ4v) is 3.88. The van der Waals surface area contributed by atoms with Gasteiger partial charge in [-0.1, -0.05) is 0 Å². The maximum Gasteiger partial charge on any atom is 0.229 e. The van der Waals surface area contributed by atoms with E-state index in [1.165, 1.54) is 0 Å². The van der Waals surface area contributed by atoms with Crippen molar-refractivity contribution in [1.29, 1.82) is 0 Å². The first-order valence-electron chi connectivity index (χ1n) is 12.9. The van der Waals surface area contributed by atoms with Crippen LogP contribution in [0.2, 0.25) is 0 Å². The molecule has 1 aliphatic rings. The van der Waals surface area contributed by atoms with Crippen LogP contribution in [-0.2, 0) is 23.7 Å². The summed E-state index contributed by atoms with van der Waals surface area (Å²) in [5.74, 6) is 1.44. The predicted octanol–water partition coefficient (Wildman–Crippen LogP) is 5.77. The average Bonchev–Trinajstić information content (AvgIpc) is 2.70. The Morgan fingerprint density at radius 1 is 0.714 bits per heavy atom. The van der Waals surface area contributed by atoms with Crippen LogP contribution in [0.4, 0.5) is 0 Å². The molecule has 0 radical (unpaired) electrons. The molecule has 0 spiro atoms. The normalized spacial score (nSPS) is 25.6. The Hall–Kier alpha value is -1.38. The molecule has 5 unspecified atom stereocenters. The second-order valence-electron chi connectivity index (χ2n) is 11.2. The number of ether oxygens (including phenoxy) is 7. The van der Waals surface area contributed by atoms with Crippen LogP contribution in [0.1, 0.15) is 76.2 Å². The van der Waals surface area contributed by atoms with Crippen molar-refractivity contribution in [1.82, 2.24) is 0 Å². The van der Waals surface area contributed by atoms with E-state index in [1.54, 1.807) is 0 Å². The summed E-state index contributed by atoms with van der Waals surface area (Å²) in [6, 6.07) is 7.54. The molecule has 5 atom stereocenters. The molecule has 0 N–H and O–H groups in total. The van der Waals surface area contributed by atoms with E-state index in [-0.39, 0.29) is 30.5 Å². The van der Waals surface area contributed by atoms with Crippen LogP contribution in [0.25, 0.3) is 0 Å². The largest absolute Gasteiger partial charge is 0.491 e. The Morgan fingerprint density at radius 3 is 1.74 bits per heavy atom. The van der Waals surface area contributed by atoms with Crippen molar-refractivity contribution < 1.29 is 33.2 Å². The van der Waals surface area contributed by atoms with Gasteiger partial charge in [-0.25, -0.2) is 0 Å². The van der Waals surface area contributed by atoms with Crippen LogP contribution in [0.3, 0.4) is 0 Å². The highest BCUT2D eigenvalue weighted by Crippen LogP contribution is 2.34. The van der Waals surface area contributed by atoms with E-state index in [2.05, 4.69) is 0 Å². The fourth-order valence-electron chi connectivity index (χ4n) is 3.88. The van der Waals surface area contributed by atoms with E-state index in [9.17, 15) is 0 Å². The highest BCUT2D eigenvalue weighted by atomic mass is 16.7. The van der Waals surface area contributed by atoms with Gasteiger partial charge < -0.3 is 33.2 Å². The van der Waals surface area contributed by atoms with Gasteiger partial charge in [-0.05, 0) is 100 Å². The first-order chi connectivity index (χ1) is 16.2. The molecule has 0 amide bonds. The summed E-state index contributed by atoms with van der Waals surface area (Å²) in [5, 5.41) is 0. The van der Waals surface area contributed by atoms with E-state index in [4.69, 9.17) is 33.2 Å². The summed E-state index contributed by atoms with van der Waals surface area (Å²) in [5.41, 5.74) is -0.452. The molecule has 1 aliphatic heterocycles. The van der Waals surface area contributed by atoms with Crippen LogP contribution < -0.4 is 9.47 Å². The van der Waals surface area contributed by atoms with Gasteiger partial charge in [0.25, 0.3) is 0 Å². The fraction of sp³-hybridized carbons (Fsp3) is 0.786. The Bertz CT molecular complexity index is 724. The first-order valence-corrected chi connectivity index (χ1v) is 12.9. The summed E-state index contributed by atoms with van der Waals surface area (Å²) in [4.78, 5) is 0. The molecule has 35 heavy (non-hydrogen) atoms. The van der Waals surface area contributed by atoms with E-state index in [0.29, 0.717) is 12.4 Å². The van der Waals surface area contributed by atoms with Crippen molar-refractivity contribution >= 4 is 0 Å². The van der Waals surface area contributed by atoms with Gasteiger partial charge in [0.2, 0.25) is 6.29 Å². The van der Waals surface area contributed by atoms with Crippen LogP contribution in [0, 0.1) is 0 Å². The monoisotopic (exact) mass is 496 g/mol. The lowest BCUT2D eigenvalue weighted by molar-refractivity contribution is -0.325. The van der Waals surface area contributed by atoms with Gasteiger partial charge >= 0.3 is 0 Å². The molecule has 2 rings (SSSR count). The van der Waals surface area contributed by atoms with Crippen molar-refractivity contribution in [3.05, 3.63) is 24.3 Å². The Morgan fingerprint density at radius 2 is 1.26 bits per heavy atom. The van der Waals surface area contributed by atoms with Crippen molar-refractivity contribution in [2.75, 3.05) is 6.61 Å². The summed E-state index contributed by atoms with van der Waals surface area (Å²) < 4.78 is 43.9. The molecule has 1 heterocycles. The molecule has 1 aromatic carbocycles. The quantitative estimate of drug-likeness (QED) is 0.364. The molecular formula is C28H48O7. The lowest BCUT2D eigenvalue weighted by atomic mass is 9.96. The third-order valence-electron chi connectivity index (χ3n) is 4.98. The lowest BCUT2D eigenvalue weighted by Gasteiger charge is -2.48. The van der Waals surface area contributed by atoms with Crippen LogP contribution in [0.15, 0.2) is 24.3 Å². The second-order valence-corrected chi connectivity index (χ2v) is 11.2. The molecule has 0 bridgehead atoms. The van der Waals surface area contributed by atoms with E-state index in [0.717, 1.165) is 5.75 Å². The zero-order chi connectivity index (χ0) is 26.3. The summed E-state index contributed by atoms with van der Waals surface area (Å²) >= 11 is 0. The topological polar surface area (TPSA) is 64.6 Å². The number of hydrogen-bond donors (Lipinski definition) is 0. The van der Waals surface area contributed by atoms with Gasteiger partial charge in [0, 0.05) is 0 Å². The van der Waals surface area contributed by atoms with Gasteiger partial charge in [0.05, 0.1) is 36.6 Å². The number of hydrogen-bond acceptors (Lipinski definition) is 7. The summed E-state index contributed by atoms with van der Waals surface area (Å²) in [7, 11) is 0. The van der Waals surface area contributed by atoms with Gasteiger partial charge in [-0.3, -0.25) is 0 Å². The van der Waals surface area contributed by atoms with E-state index < -0.39 is 30.2 Å². The van der Waals surface area contributed by atoms with E-state index >= 15 is 0 Å². The predicted molar refractivity (Wildman–Crippen MR) is 137 cm³/mol. The zero-order valence-corrected chi connectivity index (χ0v) is 23.6. The van der Waals surface area contributed by atoms with Gasteiger partial charge in [-0.2, -0.15) is 0 Å². The average molecular weight is 497 g/mol. The maximum atomic E-state index is 6.52. The van der Waals surface area contributed by atoms with Crippen molar-refractivity contribution in [3.8, 4) is 11.5 Å². The molecule has 1 saturated heterocycles. The van der Waals surface area contributed by atoms with Gasteiger partial charge in [-0.15, -0.1) is 0 Å². The SMILES string of the molecule is CC(C)OCC1OC(Oc2ccc(OC(C)C)cc2)C(OC(C)(C)C)C(OC(C)C)C1OC(C)C. The minimum atomic E-state index is -0.720. The maximum absolute atomic E-state index is 6.52. The number of benzene rings is 1. The molecule has 0 saturated carbocycles. The molecular weight excluding hydrogens is 448 g/mol. The van der Waals surface area contributed by atoms with Crippen LogP contribution in [-0.4, -0.2) is 67.3 Å². The Labute approximate surface area is 212 Å². The minimum absolute atomic E-state index is 0.0235. The highest BCUT2D eigenvalue weighted by Gasteiger charge is 2.51. The standard InChI is InChI=1S/C28H48O7/c1-17(2)29-16-23-24(31-19(5)6)25(32-20(7)8)26(35-28(9,10)11)27(34-23)33-22-14-12-21(13-15-22)30-18(3)4/h12-15,17-20,23-27H,16H2,1-11H3. The zero-order valence-electron chi connectivity index (χ0n) is 23.6. The third kappa shape index (κ3) is 10.3. The smallest absolute Gasteiger partial charge is 0.229 e. The molecule has 7 heteroatoms. The second kappa shape index (κ2) is 13.2. The van der Waals surface area contributed by atoms with Crippen molar-refractivity contribution in [3.63, 3.8) is 0 Å². The number of rotatable bonds is 12. The molecule has 1 aromatic rings. The van der Waals surface area contributed by atoms with Crippen LogP contribution >= 0.6 is 0 Å². The molecule has 0 aromatic heterocycles. The molecule has 0 aliphatic carbocycles. The summed E-state index contributed by atoms with van der Waals surface area (Å²) in [6.07, 6.45) is -2.35.